The highest BCUT2D eigenvalue weighted by Crippen LogP contribution is 2.41. The summed E-state index contributed by atoms with van der Waals surface area (Å²) in [7, 11) is 0. The summed E-state index contributed by atoms with van der Waals surface area (Å²) in [5.41, 5.74) is 17.6. The molecule has 3 nitrogen and oxygen atoms in total. The van der Waals surface area contributed by atoms with E-state index in [4.69, 9.17) is 9.40 Å². The largest absolute Gasteiger partial charge is 0.436 e. The smallest absolute Gasteiger partial charge is 0.227 e. The Bertz CT molecular complexity index is 2820. The van der Waals surface area contributed by atoms with Crippen molar-refractivity contribution in [1.82, 2.24) is 4.98 Å². The number of nitrogens with zero attached hydrogens (tertiary/aromatic N) is 2. The highest BCUT2D eigenvalue weighted by Gasteiger charge is 2.16. The molecule has 0 saturated carbocycles. The Morgan fingerprint density at radius 3 is 1.54 bits per heavy atom. The van der Waals surface area contributed by atoms with Crippen LogP contribution in [0.1, 0.15) is 25.0 Å². The molecule has 1 heterocycles. The summed E-state index contributed by atoms with van der Waals surface area (Å²) in [6.07, 6.45) is 5.91. The van der Waals surface area contributed by atoms with Crippen LogP contribution in [0.2, 0.25) is 0 Å². The molecule has 0 N–H and O–H groups in total. The molecule has 0 radical (unpaired) electrons. The minimum atomic E-state index is 0.626. The Morgan fingerprint density at radius 2 is 0.949 bits per heavy atom. The molecular formula is C56H46N2O. The van der Waals surface area contributed by atoms with Gasteiger partial charge in [0.2, 0.25) is 5.89 Å². The highest BCUT2D eigenvalue weighted by molar-refractivity contribution is 5.92. The molecule has 0 atom stereocenters. The topological polar surface area (TPSA) is 29.3 Å². The number of hydrogen-bond donors (Lipinski definition) is 0. The van der Waals surface area contributed by atoms with E-state index in [1.54, 1.807) is 0 Å². The second-order valence-electron chi connectivity index (χ2n) is 14.1. The summed E-state index contributed by atoms with van der Waals surface area (Å²) in [6.45, 7) is 9.97. The number of rotatable bonds is 10. The fourth-order valence-electron chi connectivity index (χ4n) is 7.52. The minimum Gasteiger partial charge on any atom is -0.436 e. The number of allylic oxidation sites excluding steroid dienone is 2. The van der Waals surface area contributed by atoms with Crippen LogP contribution in [0.15, 0.2) is 217 Å². The number of aromatic nitrogens is 1. The van der Waals surface area contributed by atoms with Gasteiger partial charge in [-0.05, 0) is 129 Å². The molecule has 0 bridgehead atoms. The Morgan fingerprint density at radius 1 is 0.475 bits per heavy atom. The van der Waals surface area contributed by atoms with E-state index in [1.165, 1.54) is 44.5 Å². The molecule has 0 aliphatic carbocycles. The molecule has 0 spiro atoms. The highest BCUT2D eigenvalue weighted by atomic mass is 16.3. The van der Waals surface area contributed by atoms with Gasteiger partial charge in [0.25, 0.3) is 0 Å². The third-order valence-electron chi connectivity index (χ3n) is 10.5. The summed E-state index contributed by atoms with van der Waals surface area (Å²) >= 11 is 0. The number of aryl methyl sites for hydroxylation is 1. The van der Waals surface area contributed by atoms with Gasteiger partial charge in [0.15, 0.2) is 5.58 Å². The first kappa shape index (κ1) is 38.4. The maximum absolute atomic E-state index is 6.05. The number of hydrogen-bond acceptors (Lipinski definition) is 3. The van der Waals surface area contributed by atoms with Gasteiger partial charge in [0.05, 0.1) is 0 Å². The van der Waals surface area contributed by atoms with E-state index in [2.05, 4.69) is 194 Å². The van der Waals surface area contributed by atoms with Crippen molar-refractivity contribution in [3.05, 3.63) is 224 Å². The van der Waals surface area contributed by atoms with Crippen molar-refractivity contribution in [3.63, 3.8) is 0 Å². The average Bonchev–Trinajstić information content (AvgIpc) is 3.75. The van der Waals surface area contributed by atoms with Crippen LogP contribution in [0.3, 0.4) is 0 Å². The molecule has 9 aromatic rings. The summed E-state index contributed by atoms with van der Waals surface area (Å²) < 4.78 is 6.05. The molecule has 0 aliphatic heterocycles. The van der Waals surface area contributed by atoms with Crippen LogP contribution in [0.25, 0.3) is 73.1 Å². The molecule has 1 aromatic heterocycles. The summed E-state index contributed by atoms with van der Waals surface area (Å²) in [6, 6.07) is 68.6. The predicted octanol–water partition coefficient (Wildman–Crippen LogP) is 16.2. The number of fused-ring (bicyclic) bond motifs is 1. The van der Waals surface area contributed by atoms with Crippen molar-refractivity contribution >= 4 is 34.2 Å². The van der Waals surface area contributed by atoms with Crippen molar-refractivity contribution in [2.45, 2.75) is 20.8 Å². The zero-order valence-electron chi connectivity index (χ0n) is 33.7. The van der Waals surface area contributed by atoms with Crippen molar-refractivity contribution in [1.29, 1.82) is 0 Å². The van der Waals surface area contributed by atoms with Crippen LogP contribution in [-0.4, -0.2) is 4.98 Å². The lowest BCUT2D eigenvalue weighted by Crippen LogP contribution is -2.09. The van der Waals surface area contributed by atoms with Crippen molar-refractivity contribution < 1.29 is 4.42 Å². The quantitative estimate of drug-likeness (QED) is 0.130. The summed E-state index contributed by atoms with van der Waals surface area (Å²) in [5, 5.41) is 0. The number of anilines is 3. The van der Waals surface area contributed by atoms with Gasteiger partial charge in [-0.15, -0.1) is 0 Å². The van der Waals surface area contributed by atoms with E-state index in [-0.39, 0.29) is 0 Å². The minimum absolute atomic E-state index is 0.626. The monoisotopic (exact) mass is 762 g/mol. The maximum atomic E-state index is 6.05. The van der Waals surface area contributed by atoms with Gasteiger partial charge in [0.1, 0.15) is 5.52 Å². The van der Waals surface area contributed by atoms with Gasteiger partial charge >= 0.3 is 0 Å². The molecule has 9 rings (SSSR count). The predicted molar refractivity (Wildman–Crippen MR) is 251 cm³/mol. The normalized spacial score (nSPS) is 11.0. The van der Waals surface area contributed by atoms with E-state index in [9.17, 15) is 0 Å². The standard InChI is InChI=1S/C54H40N2O.C2H6/c1-3-4-14-43-37-44(24-23-38(43)2)39-29-33-46(34-30-39)56(45-15-6-5-7-16-45)47-35-31-41(32-36-47)49-18-9-11-20-51(49)50-19-10-8-17-48(50)40-25-27-42(28-26-40)54-55-52-21-12-13-22-53(52)57-54;1-2/h3-37H,1H2,2H3;1-2H3/b14-4-;. The third kappa shape index (κ3) is 8.18. The molecular weight excluding hydrogens is 717 g/mol. The molecule has 286 valence electrons. The Kier molecular flexibility index (Phi) is 11.6. The van der Waals surface area contributed by atoms with Gasteiger partial charge in [0, 0.05) is 22.6 Å². The lowest BCUT2D eigenvalue weighted by atomic mass is 9.89. The SMILES string of the molecule is C=C/C=C\c1cc(-c2ccc(N(c3ccccc3)c3ccc(-c4ccccc4-c4ccccc4-c4ccc(-c5nc6ccccc6o5)cc4)cc3)cc2)ccc1C.CC. The van der Waals surface area contributed by atoms with Crippen molar-refractivity contribution in [2.75, 3.05) is 4.90 Å². The number of para-hydroxylation sites is 3. The van der Waals surface area contributed by atoms with Crippen LogP contribution in [0.4, 0.5) is 17.1 Å². The fourth-order valence-corrected chi connectivity index (χ4v) is 7.52. The van der Waals surface area contributed by atoms with Gasteiger partial charge in [-0.1, -0.05) is 166 Å². The van der Waals surface area contributed by atoms with Crippen LogP contribution < -0.4 is 4.90 Å². The number of oxazole rings is 1. The van der Waals surface area contributed by atoms with Crippen LogP contribution in [0, 0.1) is 6.92 Å². The zero-order chi connectivity index (χ0) is 40.6. The zero-order valence-corrected chi connectivity index (χ0v) is 33.7. The van der Waals surface area contributed by atoms with E-state index >= 15 is 0 Å². The van der Waals surface area contributed by atoms with Crippen LogP contribution in [-0.2, 0) is 0 Å². The second-order valence-corrected chi connectivity index (χ2v) is 14.1. The fraction of sp³-hybridized carbons (Fsp3) is 0.0536. The van der Waals surface area contributed by atoms with E-state index in [0.29, 0.717) is 5.89 Å². The van der Waals surface area contributed by atoms with Crippen LogP contribution >= 0.6 is 0 Å². The summed E-state index contributed by atoms with van der Waals surface area (Å²) in [5.74, 6) is 0.626. The van der Waals surface area contributed by atoms with E-state index in [1.807, 2.05) is 50.3 Å². The Balaban J connectivity index is 0.00000238. The number of benzene rings is 8. The maximum Gasteiger partial charge on any atom is 0.227 e. The van der Waals surface area contributed by atoms with Crippen molar-refractivity contribution in [2.24, 2.45) is 0 Å². The lowest BCUT2D eigenvalue weighted by molar-refractivity contribution is 0.620. The summed E-state index contributed by atoms with van der Waals surface area (Å²) in [4.78, 5) is 7.01. The molecule has 3 heteroatoms. The molecule has 8 aromatic carbocycles. The van der Waals surface area contributed by atoms with Crippen molar-refractivity contribution in [3.8, 4) is 56.0 Å². The molecule has 0 aliphatic rings. The first-order valence-corrected chi connectivity index (χ1v) is 20.2. The average molecular weight is 763 g/mol. The third-order valence-corrected chi connectivity index (χ3v) is 10.5. The Hall–Kier alpha value is -7.49. The van der Waals surface area contributed by atoms with Gasteiger partial charge < -0.3 is 9.32 Å². The second kappa shape index (κ2) is 17.8. The molecule has 0 unspecified atom stereocenters. The molecule has 0 amide bonds. The van der Waals surface area contributed by atoms with E-state index < -0.39 is 0 Å². The molecule has 59 heavy (non-hydrogen) atoms. The van der Waals surface area contributed by atoms with Gasteiger partial charge in [-0.25, -0.2) is 4.98 Å². The van der Waals surface area contributed by atoms with Gasteiger partial charge in [-0.2, -0.15) is 0 Å². The first-order valence-electron chi connectivity index (χ1n) is 20.2. The molecule has 0 saturated heterocycles. The Labute approximate surface area is 347 Å². The van der Waals surface area contributed by atoms with Crippen LogP contribution in [0.5, 0.6) is 0 Å². The van der Waals surface area contributed by atoms with Gasteiger partial charge in [-0.3, -0.25) is 0 Å². The lowest BCUT2D eigenvalue weighted by Gasteiger charge is -2.26. The molecule has 0 fully saturated rings. The van der Waals surface area contributed by atoms with E-state index in [0.717, 1.165) is 44.9 Å². The first-order chi connectivity index (χ1) is 29.1.